The highest BCUT2D eigenvalue weighted by Crippen LogP contribution is 2.25. The third kappa shape index (κ3) is 3.66. The molecule has 0 amide bonds. The van der Waals surface area contributed by atoms with Crippen molar-refractivity contribution in [1.29, 1.82) is 0 Å². The van der Waals surface area contributed by atoms with Crippen LogP contribution in [0.2, 0.25) is 0 Å². The second kappa shape index (κ2) is 7.87. The minimum absolute atomic E-state index is 0.110. The van der Waals surface area contributed by atoms with E-state index in [4.69, 9.17) is 4.84 Å². The summed E-state index contributed by atoms with van der Waals surface area (Å²) in [5.41, 5.74) is 4.07. The molecular formula is C22H21F2N5O. The molecule has 30 heavy (non-hydrogen) atoms. The topological polar surface area (TPSA) is 56.9 Å². The number of piperidine rings is 1. The van der Waals surface area contributed by atoms with E-state index in [1.807, 2.05) is 29.2 Å². The van der Waals surface area contributed by atoms with E-state index in [2.05, 4.69) is 21.6 Å². The van der Waals surface area contributed by atoms with Crippen molar-refractivity contribution in [3.8, 4) is 11.1 Å². The highest BCUT2D eigenvalue weighted by atomic mass is 19.2. The van der Waals surface area contributed by atoms with E-state index in [9.17, 15) is 8.78 Å². The summed E-state index contributed by atoms with van der Waals surface area (Å²) in [6, 6.07) is 8.00. The van der Waals surface area contributed by atoms with Gasteiger partial charge in [-0.1, -0.05) is 6.07 Å². The molecule has 8 heteroatoms. The van der Waals surface area contributed by atoms with Gasteiger partial charge in [0, 0.05) is 29.7 Å². The maximum atomic E-state index is 13.4. The van der Waals surface area contributed by atoms with E-state index >= 15 is 0 Å². The first-order valence-electron chi connectivity index (χ1n) is 9.97. The number of aromatic nitrogens is 4. The third-order valence-electron chi connectivity index (χ3n) is 5.47. The smallest absolute Gasteiger partial charge is 0.159 e. The molecule has 4 heterocycles. The van der Waals surface area contributed by atoms with Gasteiger partial charge >= 0.3 is 0 Å². The molecule has 1 saturated heterocycles. The number of fused-ring (bicyclic) bond motifs is 1. The maximum Gasteiger partial charge on any atom is 0.159 e. The third-order valence-corrected chi connectivity index (χ3v) is 5.47. The van der Waals surface area contributed by atoms with E-state index < -0.39 is 11.6 Å². The van der Waals surface area contributed by atoms with Crippen molar-refractivity contribution in [3.05, 3.63) is 72.3 Å². The summed E-state index contributed by atoms with van der Waals surface area (Å²) in [5, 5.41) is 7.92. The molecule has 0 unspecified atom stereocenters. The Kier molecular flexibility index (Phi) is 4.92. The number of rotatable bonds is 5. The summed E-state index contributed by atoms with van der Waals surface area (Å²) >= 11 is 0. The van der Waals surface area contributed by atoms with Crippen LogP contribution in [0.1, 0.15) is 24.4 Å². The number of benzene rings is 1. The fraction of sp³-hybridized carbons (Fsp3) is 0.273. The predicted molar refractivity (Wildman–Crippen MR) is 109 cm³/mol. The zero-order valence-electron chi connectivity index (χ0n) is 16.3. The SMILES string of the molecule is Fc1ccc(COn2ccc3ncc(-c4cnn(C5CCNCC5)c4)cc32)cc1F. The molecule has 1 fully saturated rings. The summed E-state index contributed by atoms with van der Waals surface area (Å²) in [4.78, 5) is 10.3. The van der Waals surface area contributed by atoms with E-state index in [-0.39, 0.29) is 6.61 Å². The lowest BCUT2D eigenvalue weighted by atomic mass is 10.1. The van der Waals surface area contributed by atoms with Crippen molar-refractivity contribution in [1.82, 2.24) is 24.8 Å². The van der Waals surface area contributed by atoms with E-state index in [1.165, 1.54) is 6.07 Å². The van der Waals surface area contributed by atoms with Crippen molar-refractivity contribution in [2.75, 3.05) is 13.1 Å². The van der Waals surface area contributed by atoms with Gasteiger partial charge in [-0.25, -0.2) is 8.78 Å². The molecule has 0 radical (unpaired) electrons. The zero-order valence-corrected chi connectivity index (χ0v) is 16.3. The van der Waals surface area contributed by atoms with Crippen LogP contribution in [0.15, 0.2) is 55.1 Å². The van der Waals surface area contributed by atoms with Crippen molar-refractivity contribution in [3.63, 3.8) is 0 Å². The number of nitrogens with zero attached hydrogens (tertiary/aromatic N) is 4. The fourth-order valence-corrected chi connectivity index (χ4v) is 3.79. The Morgan fingerprint density at radius 3 is 2.73 bits per heavy atom. The fourth-order valence-electron chi connectivity index (χ4n) is 3.79. The molecule has 154 valence electrons. The van der Waals surface area contributed by atoms with Crippen LogP contribution in [0.4, 0.5) is 8.78 Å². The molecule has 1 N–H and O–H groups in total. The molecule has 0 atom stereocenters. The van der Waals surface area contributed by atoms with E-state index in [0.29, 0.717) is 11.6 Å². The van der Waals surface area contributed by atoms with Crippen LogP contribution in [0.3, 0.4) is 0 Å². The molecule has 5 rings (SSSR count). The second-order valence-corrected chi connectivity index (χ2v) is 7.48. The van der Waals surface area contributed by atoms with Crippen molar-refractivity contribution in [2.24, 2.45) is 0 Å². The lowest BCUT2D eigenvalue weighted by Gasteiger charge is -2.22. The number of pyridine rings is 1. The summed E-state index contributed by atoms with van der Waals surface area (Å²) < 4.78 is 30.2. The van der Waals surface area contributed by atoms with Gasteiger partial charge in [0.25, 0.3) is 0 Å². The van der Waals surface area contributed by atoms with Gasteiger partial charge in [-0.3, -0.25) is 9.67 Å². The average molecular weight is 409 g/mol. The molecule has 1 aromatic carbocycles. The Labute approximate surface area is 172 Å². The average Bonchev–Trinajstić information content (AvgIpc) is 3.42. The molecule has 1 aliphatic rings. The molecule has 4 aromatic rings. The first-order valence-corrected chi connectivity index (χ1v) is 9.97. The summed E-state index contributed by atoms with van der Waals surface area (Å²) in [6.07, 6.45) is 9.65. The van der Waals surface area contributed by atoms with Gasteiger partial charge in [0.15, 0.2) is 11.6 Å². The van der Waals surface area contributed by atoms with Gasteiger partial charge in [-0.15, -0.1) is 0 Å². The van der Waals surface area contributed by atoms with Crippen LogP contribution in [0, 0.1) is 11.6 Å². The van der Waals surface area contributed by atoms with Crippen LogP contribution in [-0.2, 0) is 6.61 Å². The lowest BCUT2D eigenvalue weighted by molar-refractivity contribution is 0.107. The van der Waals surface area contributed by atoms with Crippen LogP contribution >= 0.6 is 0 Å². The molecule has 0 bridgehead atoms. The largest absolute Gasteiger partial charge is 0.409 e. The molecule has 6 nitrogen and oxygen atoms in total. The highest BCUT2D eigenvalue weighted by Gasteiger charge is 2.16. The van der Waals surface area contributed by atoms with Gasteiger partial charge < -0.3 is 10.2 Å². The van der Waals surface area contributed by atoms with E-state index in [1.54, 1.807) is 10.9 Å². The van der Waals surface area contributed by atoms with E-state index in [0.717, 1.165) is 60.2 Å². The quantitative estimate of drug-likeness (QED) is 0.546. The minimum atomic E-state index is -0.886. The van der Waals surface area contributed by atoms with Crippen molar-refractivity contribution in [2.45, 2.75) is 25.5 Å². The monoisotopic (exact) mass is 409 g/mol. The zero-order chi connectivity index (χ0) is 20.5. The van der Waals surface area contributed by atoms with Crippen LogP contribution in [0.5, 0.6) is 0 Å². The number of hydrogen-bond acceptors (Lipinski definition) is 4. The molecule has 3 aromatic heterocycles. The van der Waals surface area contributed by atoms with Crippen molar-refractivity contribution < 1.29 is 13.6 Å². The Hall–Kier alpha value is -3.26. The maximum absolute atomic E-state index is 13.4. The molecule has 1 aliphatic heterocycles. The summed E-state index contributed by atoms with van der Waals surface area (Å²) in [5.74, 6) is -1.76. The number of halogens is 2. The van der Waals surface area contributed by atoms with Gasteiger partial charge in [0.1, 0.15) is 12.1 Å². The summed E-state index contributed by atoms with van der Waals surface area (Å²) in [7, 11) is 0. The molecule has 0 saturated carbocycles. The lowest BCUT2D eigenvalue weighted by Crippen LogP contribution is -2.29. The van der Waals surface area contributed by atoms with Crippen LogP contribution in [-0.4, -0.2) is 32.6 Å². The van der Waals surface area contributed by atoms with Gasteiger partial charge in [0.2, 0.25) is 0 Å². The Morgan fingerprint density at radius 1 is 1.03 bits per heavy atom. The van der Waals surface area contributed by atoms with Crippen LogP contribution in [0.25, 0.3) is 22.2 Å². The Morgan fingerprint density at radius 2 is 1.90 bits per heavy atom. The van der Waals surface area contributed by atoms with Gasteiger partial charge in [-0.2, -0.15) is 9.83 Å². The normalized spacial score (nSPS) is 15.0. The summed E-state index contributed by atoms with van der Waals surface area (Å²) in [6.45, 7) is 2.13. The number of hydrogen-bond donors (Lipinski definition) is 1. The minimum Gasteiger partial charge on any atom is -0.409 e. The molecular weight excluding hydrogens is 388 g/mol. The Balaban J connectivity index is 1.37. The standard InChI is InChI=1S/C22H21F2N5O/c23-19-2-1-15(9-20(19)24)14-30-29-8-5-21-22(29)10-16(11-26-21)17-12-27-28(13-17)18-3-6-25-7-4-18/h1-2,5,8-13,18,25H,3-4,6-7,14H2. The Bertz CT molecular complexity index is 1180. The molecule has 0 spiro atoms. The van der Waals surface area contributed by atoms with Crippen LogP contribution < -0.4 is 10.2 Å². The first-order chi connectivity index (χ1) is 14.7. The van der Waals surface area contributed by atoms with Gasteiger partial charge in [-0.05, 0) is 55.8 Å². The highest BCUT2D eigenvalue weighted by molar-refractivity contribution is 5.80. The van der Waals surface area contributed by atoms with Gasteiger partial charge in [0.05, 0.1) is 17.8 Å². The molecule has 0 aliphatic carbocycles. The predicted octanol–water partition coefficient (Wildman–Crippen LogP) is 3.73. The first kappa shape index (κ1) is 18.7. The number of nitrogens with one attached hydrogen (secondary N) is 1. The second-order valence-electron chi connectivity index (χ2n) is 7.48. The van der Waals surface area contributed by atoms with Crippen molar-refractivity contribution >= 4 is 11.0 Å².